The van der Waals surface area contributed by atoms with E-state index in [1.165, 1.54) is 4.90 Å². The maximum atomic E-state index is 12.1. The van der Waals surface area contributed by atoms with Crippen molar-refractivity contribution in [3.05, 3.63) is 35.9 Å². The predicted molar refractivity (Wildman–Crippen MR) is 88.3 cm³/mol. The number of nitrogens with zero attached hydrogens (tertiary/aromatic N) is 1. The molecule has 0 bridgehead atoms. The number of amides is 1. The summed E-state index contributed by atoms with van der Waals surface area (Å²) in [6, 6.07) is 8.46. The van der Waals surface area contributed by atoms with E-state index in [9.17, 15) is 14.4 Å². The molecule has 1 aliphatic heterocycles. The van der Waals surface area contributed by atoms with Crippen molar-refractivity contribution in [2.45, 2.75) is 51.9 Å². The molecule has 0 N–H and O–H groups in total. The third-order valence-corrected chi connectivity index (χ3v) is 3.49. The molecule has 136 valence electrons. The minimum absolute atomic E-state index is 0.00585. The number of ether oxygens (including phenoxy) is 3. The van der Waals surface area contributed by atoms with Gasteiger partial charge >= 0.3 is 18.0 Å². The number of esters is 2. The molecule has 25 heavy (non-hydrogen) atoms. The summed E-state index contributed by atoms with van der Waals surface area (Å²) in [6.45, 7) is 5.21. The van der Waals surface area contributed by atoms with Crippen molar-refractivity contribution >= 4 is 18.0 Å². The molecule has 1 aromatic carbocycles. The highest BCUT2D eigenvalue weighted by atomic mass is 16.6. The first-order valence-corrected chi connectivity index (χ1v) is 8.12. The van der Waals surface area contributed by atoms with Gasteiger partial charge in [-0.25, -0.2) is 9.59 Å². The molecule has 1 aliphatic rings. The van der Waals surface area contributed by atoms with Crippen LogP contribution in [0.5, 0.6) is 0 Å². The number of carbonyl (C=O) groups excluding carboxylic acids is 3. The highest BCUT2D eigenvalue weighted by Crippen LogP contribution is 2.20. The molecule has 7 nitrogen and oxygen atoms in total. The van der Waals surface area contributed by atoms with Crippen LogP contribution in [0.3, 0.4) is 0 Å². The Hall–Kier alpha value is -2.57. The molecule has 0 radical (unpaired) electrons. The molecule has 1 fully saturated rings. The van der Waals surface area contributed by atoms with Crippen molar-refractivity contribution in [1.29, 1.82) is 0 Å². The van der Waals surface area contributed by atoms with Crippen molar-refractivity contribution < 1.29 is 28.6 Å². The molecule has 1 amide bonds. The first-order valence-electron chi connectivity index (χ1n) is 8.12. The fraction of sp³-hybridized carbons (Fsp3) is 0.500. The summed E-state index contributed by atoms with van der Waals surface area (Å²) in [5, 5.41) is 0. The molecule has 1 atom stereocenters. The van der Waals surface area contributed by atoms with E-state index in [0.29, 0.717) is 0 Å². The zero-order chi connectivity index (χ0) is 18.4. The first-order chi connectivity index (χ1) is 11.8. The van der Waals surface area contributed by atoms with Crippen LogP contribution in [0.1, 0.15) is 39.2 Å². The quantitative estimate of drug-likeness (QED) is 0.600. The maximum absolute atomic E-state index is 12.1. The maximum Gasteiger partial charge on any atom is 0.413 e. The van der Waals surface area contributed by atoms with Crippen molar-refractivity contribution in [2.75, 3.05) is 6.73 Å². The summed E-state index contributed by atoms with van der Waals surface area (Å²) in [4.78, 5) is 37.0. The summed E-state index contributed by atoms with van der Waals surface area (Å²) in [5.74, 6) is -0.977. The molecule has 0 aliphatic carbocycles. The summed E-state index contributed by atoms with van der Waals surface area (Å²) >= 11 is 0. The monoisotopic (exact) mass is 349 g/mol. The van der Waals surface area contributed by atoms with Crippen LogP contribution in [0, 0.1) is 0 Å². The number of hydrogen-bond acceptors (Lipinski definition) is 6. The van der Waals surface area contributed by atoms with Crippen molar-refractivity contribution in [2.24, 2.45) is 0 Å². The topological polar surface area (TPSA) is 82.1 Å². The number of rotatable bonds is 5. The number of hydrogen-bond donors (Lipinski definition) is 0. The Kier molecular flexibility index (Phi) is 6.01. The molecular formula is C18H23NO6. The van der Waals surface area contributed by atoms with Crippen molar-refractivity contribution in [3.63, 3.8) is 0 Å². The van der Waals surface area contributed by atoms with Crippen LogP contribution in [0.2, 0.25) is 0 Å². The van der Waals surface area contributed by atoms with Crippen LogP contribution in [0.15, 0.2) is 30.3 Å². The molecule has 1 heterocycles. The first kappa shape index (κ1) is 18.8. The van der Waals surface area contributed by atoms with Gasteiger partial charge in [-0.05, 0) is 32.8 Å². The number of benzene rings is 1. The van der Waals surface area contributed by atoms with Gasteiger partial charge in [0.05, 0.1) is 0 Å². The molecule has 2 rings (SSSR count). The third kappa shape index (κ3) is 5.77. The molecule has 1 aromatic rings. The van der Waals surface area contributed by atoms with Gasteiger partial charge in [0.1, 0.15) is 18.2 Å². The number of carbonyl (C=O) groups is 3. The number of cyclic esters (lactones) is 1. The van der Waals surface area contributed by atoms with E-state index in [2.05, 4.69) is 0 Å². The van der Waals surface area contributed by atoms with Gasteiger partial charge in [-0.2, -0.15) is 0 Å². The van der Waals surface area contributed by atoms with Crippen molar-refractivity contribution in [1.82, 2.24) is 4.90 Å². The average molecular weight is 349 g/mol. The SMILES string of the molecule is CC(C)(C)OC(=O)N1COC(=O)[C@@H]1CCC(=O)OCc1ccccc1. The van der Waals surface area contributed by atoms with Gasteiger partial charge in [0, 0.05) is 6.42 Å². The second-order valence-corrected chi connectivity index (χ2v) is 6.74. The third-order valence-electron chi connectivity index (χ3n) is 3.49. The van der Waals surface area contributed by atoms with E-state index < -0.39 is 29.7 Å². The minimum Gasteiger partial charge on any atom is -0.461 e. The van der Waals surface area contributed by atoms with Gasteiger partial charge in [0.2, 0.25) is 0 Å². The van der Waals surface area contributed by atoms with E-state index in [0.717, 1.165) is 5.56 Å². The Morgan fingerprint density at radius 2 is 1.92 bits per heavy atom. The molecule has 7 heteroatoms. The summed E-state index contributed by atoms with van der Waals surface area (Å²) in [5.41, 5.74) is 0.202. The molecule has 0 aromatic heterocycles. The largest absolute Gasteiger partial charge is 0.461 e. The van der Waals surface area contributed by atoms with Crippen LogP contribution in [-0.2, 0) is 30.4 Å². The van der Waals surface area contributed by atoms with Crippen LogP contribution in [-0.4, -0.2) is 41.3 Å². The Morgan fingerprint density at radius 1 is 1.24 bits per heavy atom. The second kappa shape index (κ2) is 8.00. The molecular weight excluding hydrogens is 326 g/mol. The lowest BCUT2D eigenvalue weighted by molar-refractivity contribution is -0.145. The average Bonchev–Trinajstić information content (AvgIpc) is 2.91. The normalized spacial score (nSPS) is 17.2. The van der Waals surface area contributed by atoms with Crippen molar-refractivity contribution in [3.8, 4) is 0 Å². The van der Waals surface area contributed by atoms with E-state index >= 15 is 0 Å². The lowest BCUT2D eigenvalue weighted by Crippen LogP contribution is -2.41. The Balaban J connectivity index is 1.83. The molecule has 0 unspecified atom stereocenters. The molecule has 0 saturated carbocycles. The van der Waals surface area contributed by atoms with Gasteiger partial charge < -0.3 is 14.2 Å². The Morgan fingerprint density at radius 3 is 2.56 bits per heavy atom. The Bertz CT molecular complexity index is 622. The lowest BCUT2D eigenvalue weighted by Gasteiger charge is -2.25. The standard InChI is InChI=1S/C18H23NO6/c1-18(2,3)25-17(22)19-12-24-16(21)14(19)9-10-15(20)23-11-13-7-5-4-6-8-13/h4-8,14H,9-12H2,1-3H3/t14-/m0/s1. The van der Waals surface area contributed by atoms with Gasteiger partial charge in [-0.3, -0.25) is 9.69 Å². The lowest BCUT2D eigenvalue weighted by atomic mass is 10.1. The smallest absolute Gasteiger partial charge is 0.413 e. The van der Waals surface area contributed by atoms with Gasteiger partial charge in [-0.15, -0.1) is 0 Å². The zero-order valence-electron chi connectivity index (χ0n) is 14.7. The molecule has 0 spiro atoms. The summed E-state index contributed by atoms with van der Waals surface area (Å²) < 4.78 is 15.3. The van der Waals surface area contributed by atoms with E-state index in [1.807, 2.05) is 30.3 Å². The van der Waals surface area contributed by atoms with Gasteiger partial charge in [-0.1, -0.05) is 30.3 Å². The van der Waals surface area contributed by atoms with Crippen LogP contribution < -0.4 is 0 Å². The van der Waals surface area contributed by atoms with Gasteiger partial charge in [0.15, 0.2) is 6.73 Å². The van der Waals surface area contributed by atoms with E-state index in [1.54, 1.807) is 20.8 Å². The summed E-state index contributed by atoms with van der Waals surface area (Å²) in [7, 11) is 0. The van der Waals surface area contributed by atoms with Gasteiger partial charge in [0.25, 0.3) is 0 Å². The summed E-state index contributed by atoms with van der Waals surface area (Å²) in [6.07, 6.45) is -0.501. The predicted octanol–water partition coefficient (Wildman–Crippen LogP) is 2.63. The van der Waals surface area contributed by atoms with Crippen LogP contribution in [0.25, 0.3) is 0 Å². The zero-order valence-corrected chi connectivity index (χ0v) is 14.7. The fourth-order valence-electron chi connectivity index (χ4n) is 2.29. The fourth-order valence-corrected chi connectivity index (χ4v) is 2.29. The van der Waals surface area contributed by atoms with Crippen LogP contribution in [0.4, 0.5) is 4.79 Å². The van der Waals surface area contributed by atoms with E-state index in [-0.39, 0.29) is 26.2 Å². The second-order valence-electron chi connectivity index (χ2n) is 6.74. The Labute approximate surface area is 146 Å². The van der Waals surface area contributed by atoms with E-state index in [4.69, 9.17) is 14.2 Å². The highest BCUT2D eigenvalue weighted by molar-refractivity contribution is 5.84. The van der Waals surface area contributed by atoms with Crippen LogP contribution >= 0.6 is 0 Å². The highest BCUT2D eigenvalue weighted by Gasteiger charge is 2.40. The molecule has 1 saturated heterocycles. The minimum atomic E-state index is -0.834.